The molecule has 0 heterocycles. The monoisotopic (exact) mass is 320 g/mol. The highest BCUT2D eigenvalue weighted by atomic mass is 35.5. The SMILES string of the molecule is O=C(COc1cccc(Cl)c1)NN=Cc1ccc(O)cc1O. The molecule has 2 rings (SSSR count). The van der Waals surface area contributed by atoms with Gasteiger partial charge in [0.15, 0.2) is 6.61 Å². The maximum atomic E-state index is 11.5. The molecule has 0 aliphatic carbocycles. The number of halogens is 1. The first kappa shape index (κ1) is 15.7. The number of amides is 1. The summed E-state index contributed by atoms with van der Waals surface area (Å²) >= 11 is 5.79. The molecule has 2 aromatic carbocycles. The van der Waals surface area contributed by atoms with Crippen molar-refractivity contribution < 1.29 is 19.7 Å². The van der Waals surface area contributed by atoms with Gasteiger partial charge in [-0.2, -0.15) is 5.10 Å². The molecule has 7 heteroatoms. The van der Waals surface area contributed by atoms with E-state index in [0.29, 0.717) is 16.3 Å². The second kappa shape index (κ2) is 7.33. The van der Waals surface area contributed by atoms with Crippen LogP contribution in [-0.2, 0) is 4.79 Å². The summed E-state index contributed by atoms with van der Waals surface area (Å²) < 4.78 is 5.24. The average molecular weight is 321 g/mol. The number of carbonyl (C=O) groups is 1. The van der Waals surface area contributed by atoms with Crippen LogP contribution >= 0.6 is 11.6 Å². The van der Waals surface area contributed by atoms with Gasteiger partial charge in [-0.1, -0.05) is 17.7 Å². The molecule has 0 aliphatic heterocycles. The minimum absolute atomic E-state index is 0.0615. The maximum absolute atomic E-state index is 11.5. The normalized spacial score (nSPS) is 10.6. The molecular weight excluding hydrogens is 308 g/mol. The lowest BCUT2D eigenvalue weighted by Crippen LogP contribution is -2.24. The van der Waals surface area contributed by atoms with Gasteiger partial charge in [-0.25, -0.2) is 5.43 Å². The second-order valence-electron chi connectivity index (χ2n) is 4.28. The number of ether oxygens (including phenoxy) is 1. The Morgan fingerprint density at radius 2 is 2.09 bits per heavy atom. The number of aromatic hydroxyl groups is 2. The van der Waals surface area contributed by atoms with E-state index in [1.54, 1.807) is 24.3 Å². The molecule has 0 unspecified atom stereocenters. The van der Waals surface area contributed by atoms with Crippen LogP contribution in [0.2, 0.25) is 5.02 Å². The molecular formula is C15H13ClN2O4. The van der Waals surface area contributed by atoms with E-state index in [0.717, 1.165) is 0 Å². The number of phenols is 2. The van der Waals surface area contributed by atoms with E-state index in [4.69, 9.17) is 21.4 Å². The summed E-state index contributed by atoms with van der Waals surface area (Å²) in [4.78, 5) is 11.5. The fourth-order valence-electron chi connectivity index (χ4n) is 1.55. The van der Waals surface area contributed by atoms with Gasteiger partial charge >= 0.3 is 0 Å². The molecule has 0 saturated heterocycles. The van der Waals surface area contributed by atoms with Crippen LogP contribution in [-0.4, -0.2) is 28.9 Å². The third-order valence-electron chi connectivity index (χ3n) is 2.57. The predicted molar refractivity (Wildman–Crippen MR) is 82.5 cm³/mol. The lowest BCUT2D eigenvalue weighted by atomic mass is 10.2. The first-order valence-corrected chi connectivity index (χ1v) is 6.64. The molecule has 0 fully saturated rings. The first-order chi connectivity index (χ1) is 10.5. The number of nitrogens with zero attached hydrogens (tertiary/aromatic N) is 1. The fraction of sp³-hybridized carbons (Fsp3) is 0.0667. The summed E-state index contributed by atoms with van der Waals surface area (Å²) in [6, 6.07) is 10.7. The van der Waals surface area contributed by atoms with Crippen molar-refractivity contribution in [3.8, 4) is 17.2 Å². The number of hydrogen-bond acceptors (Lipinski definition) is 5. The number of nitrogens with one attached hydrogen (secondary N) is 1. The summed E-state index contributed by atoms with van der Waals surface area (Å²) in [6.45, 7) is -0.223. The minimum atomic E-state index is -0.463. The minimum Gasteiger partial charge on any atom is -0.508 e. The van der Waals surface area contributed by atoms with E-state index in [1.807, 2.05) is 0 Å². The van der Waals surface area contributed by atoms with E-state index in [1.165, 1.54) is 24.4 Å². The Kier molecular flexibility index (Phi) is 5.21. The van der Waals surface area contributed by atoms with Crippen molar-refractivity contribution in [1.82, 2.24) is 5.43 Å². The number of carbonyl (C=O) groups excluding carboxylic acids is 1. The van der Waals surface area contributed by atoms with Crippen LogP contribution in [0, 0.1) is 0 Å². The Morgan fingerprint density at radius 3 is 2.82 bits per heavy atom. The van der Waals surface area contributed by atoms with Gasteiger partial charge in [0.25, 0.3) is 5.91 Å². The van der Waals surface area contributed by atoms with Crippen molar-refractivity contribution in [2.75, 3.05) is 6.61 Å². The van der Waals surface area contributed by atoms with Gasteiger partial charge in [0.05, 0.1) is 6.21 Å². The first-order valence-electron chi connectivity index (χ1n) is 6.27. The van der Waals surface area contributed by atoms with Gasteiger partial charge in [0.2, 0.25) is 0 Å². The van der Waals surface area contributed by atoms with Gasteiger partial charge in [0, 0.05) is 16.7 Å². The van der Waals surface area contributed by atoms with E-state index < -0.39 is 5.91 Å². The Balaban J connectivity index is 1.83. The van der Waals surface area contributed by atoms with Gasteiger partial charge < -0.3 is 14.9 Å². The smallest absolute Gasteiger partial charge is 0.277 e. The summed E-state index contributed by atoms with van der Waals surface area (Å²) in [5, 5.41) is 22.9. The molecule has 1 amide bonds. The quantitative estimate of drug-likeness (QED) is 0.582. The molecule has 0 radical (unpaired) electrons. The number of hydrogen-bond donors (Lipinski definition) is 3. The Morgan fingerprint density at radius 1 is 1.27 bits per heavy atom. The molecule has 0 aromatic heterocycles. The number of hydrazone groups is 1. The summed E-state index contributed by atoms with van der Waals surface area (Å²) in [7, 11) is 0. The van der Waals surface area contributed by atoms with Crippen LogP contribution in [0.3, 0.4) is 0 Å². The fourth-order valence-corrected chi connectivity index (χ4v) is 1.73. The number of phenolic OH excluding ortho intramolecular Hbond substituents is 2. The largest absolute Gasteiger partial charge is 0.508 e. The molecule has 22 heavy (non-hydrogen) atoms. The predicted octanol–water partition coefficient (Wildman–Crippen LogP) is 2.28. The topological polar surface area (TPSA) is 91.2 Å². The standard InChI is InChI=1S/C15H13ClN2O4/c16-11-2-1-3-13(6-11)22-9-15(21)18-17-8-10-4-5-12(19)7-14(10)20/h1-8,19-20H,9H2,(H,18,21). The van der Waals surface area contributed by atoms with Crippen molar-refractivity contribution in [2.24, 2.45) is 5.10 Å². The van der Waals surface area contributed by atoms with Crippen molar-refractivity contribution in [3.05, 3.63) is 53.1 Å². The van der Waals surface area contributed by atoms with Crippen LogP contribution in [0.4, 0.5) is 0 Å². The lowest BCUT2D eigenvalue weighted by molar-refractivity contribution is -0.123. The highest BCUT2D eigenvalue weighted by Gasteiger charge is 2.03. The molecule has 3 N–H and O–H groups in total. The van der Waals surface area contributed by atoms with Gasteiger partial charge in [-0.05, 0) is 30.3 Å². The van der Waals surface area contributed by atoms with Crippen LogP contribution in [0.25, 0.3) is 0 Å². The lowest BCUT2D eigenvalue weighted by Gasteiger charge is -2.05. The van der Waals surface area contributed by atoms with Crippen molar-refractivity contribution in [1.29, 1.82) is 0 Å². The highest BCUT2D eigenvalue weighted by molar-refractivity contribution is 6.30. The zero-order valence-corrected chi connectivity index (χ0v) is 12.1. The van der Waals surface area contributed by atoms with E-state index in [2.05, 4.69) is 10.5 Å². The summed E-state index contributed by atoms with van der Waals surface area (Å²) in [5.74, 6) is -0.195. The Bertz CT molecular complexity index is 704. The third-order valence-corrected chi connectivity index (χ3v) is 2.81. The highest BCUT2D eigenvalue weighted by Crippen LogP contribution is 2.20. The van der Waals surface area contributed by atoms with Crippen molar-refractivity contribution in [3.63, 3.8) is 0 Å². The van der Waals surface area contributed by atoms with Gasteiger partial charge in [0.1, 0.15) is 17.2 Å². The average Bonchev–Trinajstić information content (AvgIpc) is 2.47. The van der Waals surface area contributed by atoms with Crippen LogP contribution < -0.4 is 10.2 Å². The number of rotatable bonds is 5. The third kappa shape index (κ3) is 4.68. The van der Waals surface area contributed by atoms with Crippen LogP contribution in [0.1, 0.15) is 5.56 Å². The zero-order valence-electron chi connectivity index (χ0n) is 11.4. The van der Waals surface area contributed by atoms with E-state index in [9.17, 15) is 9.90 Å². The molecule has 6 nitrogen and oxygen atoms in total. The molecule has 0 atom stereocenters. The zero-order chi connectivity index (χ0) is 15.9. The summed E-state index contributed by atoms with van der Waals surface area (Å²) in [6.07, 6.45) is 1.26. The van der Waals surface area contributed by atoms with Gasteiger partial charge in [-0.15, -0.1) is 0 Å². The van der Waals surface area contributed by atoms with Crippen molar-refractivity contribution >= 4 is 23.7 Å². The Labute approximate surface area is 131 Å². The van der Waals surface area contributed by atoms with E-state index in [-0.39, 0.29) is 18.1 Å². The maximum Gasteiger partial charge on any atom is 0.277 e. The van der Waals surface area contributed by atoms with E-state index >= 15 is 0 Å². The molecule has 0 saturated carbocycles. The Hall–Kier alpha value is -2.73. The molecule has 114 valence electrons. The number of benzene rings is 2. The summed E-state index contributed by atoms with van der Waals surface area (Å²) in [5.41, 5.74) is 2.61. The molecule has 0 aliphatic rings. The van der Waals surface area contributed by atoms with Gasteiger partial charge in [-0.3, -0.25) is 4.79 Å². The van der Waals surface area contributed by atoms with Crippen LogP contribution in [0.5, 0.6) is 17.2 Å². The molecule has 2 aromatic rings. The van der Waals surface area contributed by atoms with Crippen molar-refractivity contribution in [2.45, 2.75) is 0 Å². The van der Waals surface area contributed by atoms with Crippen LogP contribution in [0.15, 0.2) is 47.6 Å². The molecule has 0 spiro atoms. The second-order valence-corrected chi connectivity index (χ2v) is 4.72. The molecule has 0 bridgehead atoms.